The summed E-state index contributed by atoms with van der Waals surface area (Å²) in [6.45, 7) is 4.14. The Labute approximate surface area is 180 Å². The number of nitrogens with zero attached hydrogens (tertiary/aromatic N) is 1. The van der Waals surface area contributed by atoms with Gasteiger partial charge in [0.25, 0.3) is 0 Å². The van der Waals surface area contributed by atoms with Gasteiger partial charge in [0.2, 0.25) is 11.8 Å². The van der Waals surface area contributed by atoms with Crippen molar-refractivity contribution in [1.29, 1.82) is 0 Å². The van der Waals surface area contributed by atoms with Crippen molar-refractivity contribution in [3.05, 3.63) is 71.8 Å². The van der Waals surface area contributed by atoms with Crippen molar-refractivity contribution in [2.24, 2.45) is 0 Å². The number of para-hydroxylation sites is 2. The van der Waals surface area contributed by atoms with Crippen LogP contribution in [0, 0.1) is 13.8 Å². The minimum Gasteiger partial charge on any atom is -0.456 e. The molecule has 31 heavy (non-hydrogen) atoms. The molecule has 1 aromatic heterocycles. The Morgan fingerprint density at radius 2 is 1.45 bits per heavy atom. The van der Waals surface area contributed by atoms with E-state index in [0.717, 1.165) is 38.8 Å². The van der Waals surface area contributed by atoms with Gasteiger partial charge < -0.3 is 15.1 Å². The summed E-state index contributed by atoms with van der Waals surface area (Å²) in [6, 6.07) is 19.3. The van der Waals surface area contributed by atoms with Crippen LogP contribution in [0.1, 0.15) is 11.1 Å². The summed E-state index contributed by atoms with van der Waals surface area (Å²) in [7, 11) is 1.75. The number of amides is 2. The maximum absolute atomic E-state index is 12.5. The van der Waals surface area contributed by atoms with Gasteiger partial charge in [-0.15, -0.1) is 0 Å². The zero-order valence-electron chi connectivity index (χ0n) is 17.9. The highest BCUT2D eigenvalue weighted by atomic mass is 16.3. The third-order valence-corrected chi connectivity index (χ3v) is 5.23. The number of benzene rings is 3. The Hall–Kier alpha value is -3.64. The molecule has 0 fully saturated rings. The number of carbonyl (C=O) groups excluding carboxylic acids is 2. The molecule has 0 unspecified atom stereocenters. The van der Waals surface area contributed by atoms with Gasteiger partial charge in [0.15, 0.2) is 0 Å². The van der Waals surface area contributed by atoms with E-state index in [0.29, 0.717) is 5.69 Å². The lowest BCUT2D eigenvalue weighted by Gasteiger charge is -2.17. The Morgan fingerprint density at radius 3 is 2.19 bits per heavy atom. The largest absolute Gasteiger partial charge is 0.456 e. The zero-order chi connectivity index (χ0) is 22.0. The normalized spacial score (nSPS) is 11.2. The lowest BCUT2D eigenvalue weighted by atomic mass is 10.1. The Kier molecular flexibility index (Phi) is 5.73. The first-order chi connectivity index (χ1) is 14.9. The number of furan rings is 1. The SMILES string of the molecule is Cc1cccc(C)c1NC(=O)CN(C)CC(=O)Nc1ccc2oc3ccccc3c2c1. The Balaban J connectivity index is 1.37. The summed E-state index contributed by atoms with van der Waals surface area (Å²) >= 11 is 0. The van der Waals surface area contributed by atoms with E-state index in [4.69, 9.17) is 4.42 Å². The van der Waals surface area contributed by atoms with E-state index in [2.05, 4.69) is 10.6 Å². The second-order valence-electron chi connectivity index (χ2n) is 7.84. The first-order valence-corrected chi connectivity index (χ1v) is 10.2. The molecule has 0 aliphatic rings. The molecule has 158 valence electrons. The van der Waals surface area contributed by atoms with Gasteiger partial charge in [0.1, 0.15) is 11.2 Å². The minimum absolute atomic E-state index is 0.102. The van der Waals surface area contributed by atoms with Crippen LogP contribution in [0.4, 0.5) is 11.4 Å². The zero-order valence-corrected chi connectivity index (χ0v) is 17.9. The van der Waals surface area contributed by atoms with Gasteiger partial charge in [0, 0.05) is 22.1 Å². The van der Waals surface area contributed by atoms with Gasteiger partial charge in [-0.3, -0.25) is 14.5 Å². The van der Waals surface area contributed by atoms with Crippen LogP contribution in [-0.2, 0) is 9.59 Å². The van der Waals surface area contributed by atoms with Gasteiger partial charge in [-0.2, -0.15) is 0 Å². The van der Waals surface area contributed by atoms with E-state index in [9.17, 15) is 9.59 Å². The molecular formula is C25H25N3O3. The number of anilines is 2. The first kappa shape index (κ1) is 20.6. The summed E-state index contributed by atoms with van der Waals surface area (Å²) in [5, 5.41) is 7.81. The highest BCUT2D eigenvalue weighted by molar-refractivity contribution is 6.07. The van der Waals surface area contributed by atoms with Gasteiger partial charge in [0.05, 0.1) is 13.1 Å². The molecule has 4 aromatic rings. The van der Waals surface area contributed by atoms with E-state index < -0.39 is 0 Å². The van der Waals surface area contributed by atoms with Gasteiger partial charge >= 0.3 is 0 Å². The average molecular weight is 415 g/mol. The van der Waals surface area contributed by atoms with Crippen molar-refractivity contribution in [2.75, 3.05) is 30.8 Å². The Bertz CT molecular complexity index is 1260. The number of hydrogen-bond donors (Lipinski definition) is 2. The maximum Gasteiger partial charge on any atom is 0.238 e. The molecule has 0 saturated carbocycles. The number of fused-ring (bicyclic) bond motifs is 3. The predicted octanol–water partition coefficient (Wildman–Crippen LogP) is 4.71. The highest BCUT2D eigenvalue weighted by Gasteiger charge is 2.14. The topological polar surface area (TPSA) is 74.6 Å². The third-order valence-electron chi connectivity index (χ3n) is 5.23. The molecular weight excluding hydrogens is 390 g/mol. The van der Waals surface area contributed by atoms with Crippen molar-refractivity contribution in [3.8, 4) is 0 Å². The van der Waals surface area contributed by atoms with Crippen LogP contribution in [-0.4, -0.2) is 36.9 Å². The number of aryl methyl sites for hydroxylation is 2. The van der Waals surface area contributed by atoms with Crippen LogP contribution in [0.2, 0.25) is 0 Å². The molecule has 0 bridgehead atoms. The fourth-order valence-electron chi connectivity index (χ4n) is 3.74. The summed E-state index contributed by atoms with van der Waals surface area (Å²) in [6.07, 6.45) is 0. The lowest BCUT2D eigenvalue weighted by Crippen LogP contribution is -2.36. The molecule has 0 saturated heterocycles. The van der Waals surface area contributed by atoms with Crippen molar-refractivity contribution >= 4 is 45.1 Å². The van der Waals surface area contributed by atoms with Crippen molar-refractivity contribution < 1.29 is 14.0 Å². The van der Waals surface area contributed by atoms with Crippen LogP contribution >= 0.6 is 0 Å². The molecule has 2 amide bonds. The quantitative estimate of drug-likeness (QED) is 0.478. The molecule has 6 heteroatoms. The fraction of sp³-hybridized carbons (Fsp3) is 0.200. The predicted molar refractivity (Wildman–Crippen MR) is 124 cm³/mol. The number of rotatable bonds is 6. The molecule has 0 aliphatic carbocycles. The summed E-state index contributed by atoms with van der Waals surface area (Å²) < 4.78 is 5.82. The molecule has 0 radical (unpaired) electrons. The average Bonchev–Trinajstić information content (AvgIpc) is 3.08. The Morgan fingerprint density at radius 1 is 0.806 bits per heavy atom. The number of likely N-dealkylation sites (N-methyl/N-ethyl adjacent to an activating group) is 1. The number of hydrogen-bond acceptors (Lipinski definition) is 4. The van der Waals surface area contributed by atoms with Gasteiger partial charge in [-0.05, 0) is 56.3 Å². The van der Waals surface area contributed by atoms with Crippen LogP contribution in [0.3, 0.4) is 0 Å². The summed E-state index contributed by atoms with van der Waals surface area (Å²) in [5.41, 5.74) is 5.13. The van der Waals surface area contributed by atoms with E-state index in [1.165, 1.54) is 0 Å². The van der Waals surface area contributed by atoms with Crippen LogP contribution < -0.4 is 10.6 Å². The van der Waals surface area contributed by atoms with Gasteiger partial charge in [-0.25, -0.2) is 0 Å². The molecule has 4 rings (SSSR count). The van der Waals surface area contributed by atoms with Crippen LogP contribution in [0.25, 0.3) is 21.9 Å². The third kappa shape index (κ3) is 4.59. The van der Waals surface area contributed by atoms with Crippen molar-refractivity contribution in [2.45, 2.75) is 13.8 Å². The molecule has 2 N–H and O–H groups in total. The summed E-state index contributed by atoms with van der Waals surface area (Å²) in [5.74, 6) is -0.339. The molecule has 3 aromatic carbocycles. The van der Waals surface area contributed by atoms with Gasteiger partial charge in [-0.1, -0.05) is 36.4 Å². The summed E-state index contributed by atoms with van der Waals surface area (Å²) in [4.78, 5) is 26.6. The smallest absolute Gasteiger partial charge is 0.238 e. The lowest BCUT2D eigenvalue weighted by molar-refractivity contribution is -0.119. The van der Waals surface area contributed by atoms with Crippen molar-refractivity contribution in [3.63, 3.8) is 0 Å². The number of nitrogens with one attached hydrogen (secondary N) is 2. The molecule has 0 atom stereocenters. The van der Waals surface area contributed by atoms with E-state index in [1.54, 1.807) is 11.9 Å². The van der Waals surface area contributed by atoms with Crippen LogP contribution in [0.15, 0.2) is 65.1 Å². The second-order valence-corrected chi connectivity index (χ2v) is 7.84. The van der Waals surface area contributed by atoms with E-state index >= 15 is 0 Å². The maximum atomic E-state index is 12.5. The molecule has 6 nitrogen and oxygen atoms in total. The highest BCUT2D eigenvalue weighted by Crippen LogP contribution is 2.30. The standard InChI is InChI=1S/C25H25N3O3/c1-16-7-6-8-17(2)25(16)27-24(30)15-28(3)14-23(29)26-18-11-12-22-20(13-18)19-9-4-5-10-21(19)31-22/h4-13H,14-15H2,1-3H3,(H,26,29)(H,27,30). The molecule has 0 spiro atoms. The molecule has 1 heterocycles. The molecule has 0 aliphatic heterocycles. The van der Waals surface area contributed by atoms with Crippen LogP contribution in [0.5, 0.6) is 0 Å². The minimum atomic E-state index is -0.186. The van der Waals surface area contributed by atoms with E-state index in [1.807, 2.05) is 74.5 Å². The first-order valence-electron chi connectivity index (χ1n) is 10.2. The van der Waals surface area contributed by atoms with E-state index in [-0.39, 0.29) is 24.9 Å². The fourth-order valence-corrected chi connectivity index (χ4v) is 3.74. The monoisotopic (exact) mass is 415 g/mol. The number of carbonyl (C=O) groups is 2. The van der Waals surface area contributed by atoms with Crippen molar-refractivity contribution in [1.82, 2.24) is 4.90 Å². The second kappa shape index (κ2) is 8.62.